The highest BCUT2D eigenvalue weighted by Crippen LogP contribution is 2.38. The van der Waals surface area contributed by atoms with Gasteiger partial charge in [0.25, 0.3) is 5.89 Å². The Morgan fingerprint density at radius 2 is 1.70 bits per heavy atom. The number of ether oxygens (including phenoxy) is 1. The van der Waals surface area contributed by atoms with Gasteiger partial charge in [-0.05, 0) is 35.7 Å². The number of rotatable bonds is 8. The molecular formula is C30H29F3N4O5S. The normalized spacial score (nSPS) is 21.7. The van der Waals surface area contributed by atoms with E-state index in [-0.39, 0.29) is 12.1 Å². The van der Waals surface area contributed by atoms with Crippen molar-refractivity contribution in [2.75, 3.05) is 25.0 Å². The summed E-state index contributed by atoms with van der Waals surface area (Å²) in [5.41, 5.74) is 1.82. The van der Waals surface area contributed by atoms with Gasteiger partial charge in [-0.3, -0.25) is 0 Å². The third kappa shape index (κ3) is 7.59. The summed E-state index contributed by atoms with van der Waals surface area (Å²) in [5.74, 6) is -1.57. The highest BCUT2D eigenvalue weighted by Gasteiger charge is 2.48. The van der Waals surface area contributed by atoms with Gasteiger partial charge < -0.3 is 29.0 Å². The highest BCUT2D eigenvalue weighted by atomic mass is 32.1. The zero-order chi connectivity index (χ0) is 30.5. The van der Waals surface area contributed by atoms with E-state index in [1.165, 1.54) is 0 Å². The van der Waals surface area contributed by atoms with E-state index >= 15 is 0 Å². The average Bonchev–Trinajstić information content (AvgIpc) is 3.70. The average molecular weight is 615 g/mol. The number of piperidine rings is 3. The molecule has 2 aromatic heterocycles. The molecule has 2 unspecified atom stereocenters. The van der Waals surface area contributed by atoms with Crippen LogP contribution in [-0.4, -0.2) is 58.5 Å². The zero-order valence-electron chi connectivity index (χ0n) is 22.9. The predicted molar refractivity (Wildman–Crippen MR) is 149 cm³/mol. The molecule has 3 fully saturated rings. The molecule has 7 rings (SSSR count). The van der Waals surface area contributed by atoms with E-state index in [0.717, 1.165) is 53.1 Å². The minimum absolute atomic E-state index is 0.111. The Balaban J connectivity index is 0.000000472. The van der Waals surface area contributed by atoms with Crippen LogP contribution in [0.15, 0.2) is 82.7 Å². The van der Waals surface area contributed by atoms with E-state index in [2.05, 4.69) is 15.5 Å². The summed E-state index contributed by atoms with van der Waals surface area (Å²) < 4.78 is 44.2. The minimum Gasteiger partial charge on any atom is -0.542 e. The summed E-state index contributed by atoms with van der Waals surface area (Å²) in [6.45, 7) is 3.57. The van der Waals surface area contributed by atoms with Gasteiger partial charge in [-0.25, -0.2) is 4.79 Å². The Bertz CT molecular complexity index is 1490. The van der Waals surface area contributed by atoms with Crippen molar-refractivity contribution in [2.45, 2.75) is 37.7 Å². The van der Waals surface area contributed by atoms with Crippen molar-refractivity contribution in [1.29, 1.82) is 0 Å². The molecule has 5 heterocycles. The van der Waals surface area contributed by atoms with Crippen molar-refractivity contribution in [3.05, 3.63) is 88.9 Å². The molecule has 9 nitrogen and oxygen atoms in total. The molecule has 0 radical (unpaired) electrons. The Labute approximate surface area is 249 Å². The smallest absolute Gasteiger partial charge is 0.430 e. The number of quaternary nitrogens is 1. The van der Waals surface area contributed by atoms with Crippen molar-refractivity contribution >= 4 is 29.0 Å². The van der Waals surface area contributed by atoms with Crippen molar-refractivity contribution < 1.29 is 41.6 Å². The van der Waals surface area contributed by atoms with Gasteiger partial charge in [0.1, 0.15) is 19.1 Å². The second-order valence-corrected chi connectivity index (χ2v) is 11.5. The summed E-state index contributed by atoms with van der Waals surface area (Å²) in [6, 6.07) is 23.1. The fourth-order valence-corrected chi connectivity index (χ4v) is 6.28. The molecule has 226 valence electrons. The Kier molecular flexibility index (Phi) is 9.11. The first-order chi connectivity index (χ1) is 20.6. The number of nitrogens with one attached hydrogen (secondary N) is 1. The SMILES string of the molecule is O=C(OC1C[N+]2(Cc3noc(-c4ccccc4)n3)CCC1CC2)C(Nc1ccccc1)c1cccs1.O=C([O-])C(F)(F)F. The molecule has 43 heavy (non-hydrogen) atoms. The van der Waals surface area contributed by atoms with Crippen LogP contribution in [0.5, 0.6) is 0 Å². The fourth-order valence-electron chi connectivity index (χ4n) is 5.51. The number of hydrogen-bond acceptors (Lipinski definition) is 9. The number of hydrogen-bond donors (Lipinski definition) is 1. The number of alkyl halides is 3. The van der Waals surface area contributed by atoms with Crippen LogP contribution in [0.25, 0.3) is 11.5 Å². The molecule has 2 atom stereocenters. The summed E-state index contributed by atoms with van der Waals surface area (Å²) in [5, 5.41) is 18.4. The molecule has 1 N–H and O–H groups in total. The van der Waals surface area contributed by atoms with Gasteiger partial charge in [0, 0.05) is 34.9 Å². The number of thiophene rings is 1. The quantitative estimate of drug-likeness (QED) is 0.226. The van der Waals surface area contributed by atoms with Gasteiger partial charge in [0.2, 0.25) is 5.82 Å². The molecule has 4 aromatic rings. The van der Waals surface area contributed by atoms with Gasteiger partial charge in [-0.1, -0.05) is 47.6 Å². The van der Waals surface area contributed by atoms with Gasteiger partial charge >= 0.3 is 12.1 Å². The molecule has 0 spiro atoms. The number of anilines is 1. The van der Waals surface area contributed by atoms with Crippen LogP contribution in [0.4, 0.5) is 18.9 Å². The van der Waals surface area contributed by atoms with E-state index in [1.54, 1.807) is 11.3 Å². The van der Waals surface area contributed by atoms with Crippen molar-refractivity contribution in [3.8, 4) is 11.5 Å². The van der Waals surface area contributed by atoms with Crippen molar-refractivity contribution in [3.63, 3.8) is 0 Å². The lowest BCUT2D eigenvalue weighted by Gasteiger charge is -2.51. The Morgan fingerprint density at radius 1 is 1.05 bits per heavy atom. The monoisotopic (exact) mass is 614 g/mol. The van der Waals surface area contributed by atoms with E-state index in [4.69, 9.17) is 19.2 Å². The Morgan fingerprint density at radius 3 is 2.30 bits per heavy atom. The van der Waals surface area contributed by atoms with Crippen LogP contribution in [-0.2, 0) is 20.9 Å². The van der Waals surface area contributed by atoms with E-state index in [1.807, 2.05) is 78.2 Å². The second kappa shape index (κ2) is 13.0. The third-order valence-electron chi connectivity index (χ3n) is 7.65. The molecule has 0 amide bonds. The number of benzene rings is 2. The number of fused-ring (bicyclic) bond motifs is 3. The maximum atomic E-state index is 13.5. The summed E-state index contributed by atoms with van der Waals surface area (Å²) in [7, 11) is 0. The van der Waals surface area contributed by atoms with Crippen LogP contribution in [0.3, 0.4) is 0 Å². The number of aromatic nitrogens is 2. The summed E-state index contributed by atoms with van der Waals surface area (Å²) >= 11 is 1.56. The maximum absolute atomic E-state index is 13.5. The van der Waals surface area contributed by atoms with Crippen LogP contribution in [0.2, 0.25) is 0 Å². The molecule has 3 saturated heterocycles. The number of para-hydroxylation sites is 1. The van der Waals surface area contributed by atoms with Gasteiger partial charge in [0.15, 0.2) is 12.1 Å². The maximum Gasteiger partial charge on any atom is 0.430 e. The van der Waals surface area contributed by atoms with Crippen LogP contribution in [0, 0.1) is 5.92 Å². The molecule has 13 heteroatoms. The first-order valence-corrected chi connectivity index (χ1v) is 14.6. The molecule has 2 bridgehead atoms. The number of carbonyl (C=O) groups excluding carboxylic acids is 2. The topological polar surface area (TPSA) is 117 Å². The highest BCUT2D eigenvalue weighted by molar-refractivity contribution is 7.10. The number of carbonyl (C=O) groups is 2. The number of carboxylic acids is 1. The van der Waals surface area contributed by atoms with E-state index in [0.29, 0.717) is 24.2 Å². The molecular weight excluding hydrogens is 585 g/mol. The molecule has 0 aliphatic carbocycles. The number of nitrogens with zero attached hydrogens (tertiary/aromatic N) is 3. The van der Waals surface area contributed by atoms with Crippen molar-refractivity contribution in [2.24, 2.45) is 5.92 Å². The second-order valence-electron chi connectivity index (χ2n) is 10.6. The van der Waals surface area contributed by atoms with Crippen LogP contribution >= 0.6 is 11.3 Å². The fraction of sp³-hybridized carbons (Fsp3) is 0.333. The molecule has 0 saturated carbocycles. The Hall–Kier alpha value is -4.23. The van der Waals surface area contributed by atoms with Crippen LogP contribution in [0.1, 0.15) is 29.6 Å². The van der Waals surface area contributed by atoms with Gasteiger partial charge in [-0.2, -0.15) is 18.2 Å². The van der Waals surface area contributed by atoms with Gasteiger partial charge in [-0.15, -0.1) is 11.3 Å². The van der Waals surface area contributed by atoms with Gasteiger partial charge in [0.05, 0.1) is 13.1 Å². The zero-order valence-corrected chi connectivity index (χ0v) is 23.7. The molecule has 3 aliphatic heterocycles. The summed E-state index contributed by atoms with van der Waals surface area (Å²) in [6.07, 6.45) is -3.23. The van der Waals surface area contributed by atoms with E-state index < -0.39 is 18.2 Å². The largest absolute Gasteiger partial charge is 0.542 e. The lowest BCUT2D eigenvalue weighted by molar-refractivity contribution is -0.958. The number of aliphatic carboxylic acids is 1. The number of esters is 1. The first-order valence-electron chi connectivity index (χ1n) is 13.7. The van der Waals surface area contributed by atoms with E-state index in [9.17, 15) is 18.0 Å². The first kappa shape index (κ1) is 30.2. The minimum atomic E-state index is -5.19. The van der Waals surface area contributed by atoms with Crippen molar-refractivity contribution in [1.82, 2.24) is 10.1 Å². The number of halogens is 3. The summed E-state index contributed by atoms with van der Waals surface area (Å²) in [4.78, 5) is 27.9. The standard InChI is InChI=1S/C28H29N4O3S.C2HF3O2/c33-28(26(24-12-7-17-36-24)29-22-10-5-2-6-11-22)34-23-18-32(15-13-20(23)14-16-32)19-25-30-27(35-31-25)21-8-3-1-4-9-21;3-2(4,5)1(6)7/h1-12,17,20,23,26,29H,13-16,18-19H2;(H,6,7)/q+1;/p-1. The lowest BCUT2D eigenvalue weighted by Crippen LogP contribution is -2.64. The molecule has 2 aromatic carbocycles. The molecule has 3 aliphatic rings. The van der Waals surface area contributed by atoms with Crippen LogP contribution < -0.4 is 10.4 Å². The predicted octanol–water partition coefficient (Wildman–Crippen LogP) is 4.60. The third-order valence-corrected chi connectivity index (χ3v) is 8.59. The lowest BCUT2D eigenvalue weighted by atomic mass is 9.83. The number of carboxylic acid groups (broad SMARTS) is 1.